The Kier molecular flexibility index (Phi) is 12.8. The summed E-state index contributed by atoms with van der Waals surface area (Å²) in [5.41, 5.74) is 0.207. The Hall–Kier alpha value is -2.21. The maximum atomic E-state index is 12.4. The van der Waals surface area contributed by atoms with Crippen molar-refractivity contribution >= 4 is 20.4 Å². The zero-order valence-corrected chi connectivity index (χ0v) is 20.7. The van der Waals surface area contributed by atoms with E-state index in [2.05, 4.69) is 5.32 Å². The molecule has 0 aromatic heterocycles. The molecule has 182 valence electrons. The number of amides is 1. The van der Waals surface area contributed by atoms with Gasteiger partial charge in [-0.2, -0.15) is 0 Å². The molecule has 32 heavy (non-hydrogen) atoms. The number of ether oxygens (including phenoxy) is 2. The third-order valence-corrected chi connectivity index (χ3v) is 7.63. The van der Waals surface area contributed by atoms with E-state index in [-0.39, 0.29) is 24.6 Å². The molecule has 1 amide bonds. The highest BCUT2D eigenvalue weighted by Gasteiger charge is 2.39. The lowest BCUT2D eigenvalue weighted by Crippen LogP contribution is -2.46. The highest BCUT2D eigenvalue weighted by atomic mass is 28.4. The fourth-order valence-electron chi connectivity index (χ4n) is 3.14. The number of hydrogen-bond donors (Lipinski definition) is 1. The van der Waals surface area contributed by atoms with Crippen LogP contribution >= 0.6 is 0 Å². The van der Waals surface area contributed by atoms with Crippen LogP contribution in [0.1, 0.15) is 52.5 Å². The van der Waals surface area contributed by atoms with Gasteiger partial charge in [-0.3, -0.25) is 14.9 Å². The van der Waals surface area contributed by atoms with E-state index in [1.165, 1.54) is 19.2 Å². The predicted molar refractivity (Wildman–Crippen MR) is 122 cm³/mol. The maximum absolute atomic E-state index is 12.4. The molecule has 1 aromatic carbocycles. The number of nitrogens with zero attached hydrogens (tertiary/aromatic N) is 1. The van der Waals surface area contributed by atoms with Crippen LogP contribution in [-0.2, 0) is 24.6 Å². The number of nitro benzene ring substituents is 1. The van der Waals surface area contributed by atoms with Crippen molar-refractivity contribution in [2.75, 3.05) is 33.5 Å². The molecule has 0 spiro atoms. The highest BCUT2D eigenvalue weighted by Crippen LogP contribution is 2.35. The molecule has 11 heteroatoms. The van der Waals surface area contributed by atoms with E-state index >= 15 is 0 Å². The number of nitro groups is 1. The van der Waals surface area contributed by atoms with Crippen molar-refractivity contribution in [3.63, 3.8) is 0 Å². The first-order valence-corrected chi connectivity index (χ1v) is 13.0. The van der Waals surface area contributed by atoms with Crippen LogP contribution in [0.4, 0.5) is 5.69 Å². The van der Waals surface area contributed by atoms with E-state index in [9.17, 15) is 14.9 Å². The number of benzene rings is 1. The van der Waals surface area contributed by atoms with Crippen LogP contribution in [0.3, 0.4) is 0 Å². The van der Waals surface area contributed by atoms with Crippen molar-refractivity contribution in [3.05, 3.63) is 27.8 Å². The highest BCUT2D eigenvalue weighted by molar-refractivity contribution is 6.60. The molecule has 0 radical (unpaired) electrons. The third-order valence-electron chi connectivity index (χ3n) is 4.48. The second kappa shape index (κ2) is 14.8. The van der Waals surface area contributed by atoms with Crippen molar-refractivity contribution in [2.24, 2.45) is 0 Å². The molecule has 0 bridgehead atoms. The Bertz CT molecular complexity index is 715. The first-order valence-electron chi connectivity index (χ1n) is 11.0. The van der Waals surface area contributed by atoms with E-state index in [1.54, 1.807) is 0 Å². The molecule has 0 atom stereocenters. The zero-order valence-electron chi connectivity index (χ0n) is 19.7. The van der Waals surface area contributed by atoms with Crippen LogP contribution in [0, 0.1) is 10.1 Å². The SMILES string of the molecule is CCCOc1cc([N+](=O)[O-])c(CNC(=O)CCC[Si](OCC)(OCC)OCC)cc1OC. The summed E-state index contributed by atoms with van der Waals surface area (Å²) in [6.07, 6.45) is 1.51. The average Bonchev–Trinajstić information content (AvgIpc) is 2.76. The molecule has 1 aromatic rings. The van der Waals surface area contributed by atoms with Gasteiger partial charge in [0.25, 0.3) is 5.69 Å². The Labute approximate surface area is 191 Å². The quantitative estimate of drug-likeness (QED) is 0.206. The van der Waals surface area contributed by atoms with E-state index in [4.69, 9.17) is 22.8 Å². The summed E-state index contributed by atoms with van der Waals surface area (Å²) in [5.74, 6) is 0.464. The Morgan fingerprint density at radius 2 is 1.69 bits per heavy atom. The number of hydrogen-bond acceptors (Lipinski definition) is 8. The standard InChI is InChI=1S/C21H36N2O8Si/c1-6-12-28-20-15-18(23(25)26)17(14-19(20)27-5)16-22-21(24)11-10-13-32(29-7-2,30-8-3)31-9-4/h14-15H,6-13,16H2,1-5H3,(H,22,24). The Balaban J connectivity index is 2.77. The molecule has 1 N–H and O–H groups in total. The number of methoxy groups -OCH3 is 1. The average molecular weight is 473 g/mol. The van der Waals surface area contributed by atoms with Gasteiger partial charge in [0, 0.05) is 38.8 Å². The minimum Gasteiger partial charge on any atom is -0.493 e. The minimum absolute atomic E-state index is 0.00448. The van der Waals surface area contributed by atoms with Gasteiger partial charge in [0.2, 0.25) is 5.91 Å². The predicted octanol–water partition coefficient (Wildman–Crippen LogP) is 3.84. The molecule has 0 aliphatic rings. The summed E-state index contributed by atoms with van der Waals surface area (Å²) >= 11 is 0. The zero-order chi connectivity index (χ0) is 24.0. The summed E-state index contributed by atoms with van der Waals surface area (Å²) in [6.45, 7) is 9.43. The summed E-state index contributed by atoms with van der Waals surface area (Å²) in [6, 6.07) is 3.39. The van der Waals surface area contributed by atoms with Crippen LogP contribution < -0.4 is 14.8 Å². The fraction of sp³-hybridized carbons (Fsp3) is 0.667. The summed E-state index contributed by atoms with van der Waals surface area (Å²) < 4.78 is 28.2. The lowest BCUT2D eigenvalue weighted by atomic mass is 10.1. The molecular formula is C21H36N2O8Si. The van der Waals surface area contributed by atoms with Gasteiger partial charge in [-0.1, -0.05) is 6.92 Å². The van der Waals surface area contributed by atoms with Gasteiger partial charge in [-0.25, -0.2) is 0 Å². The first-order chi connectivity index (χ1) is 15.4. The van der Waals surface area contributed by atoms with Gasteiger partial charge >= 0.3 is 8.80 Å². The lowest BCUT2D eigenvalue weighted by molar-refractivity contribution is -0.385. The number of carbonyl (C=O) groups excluding carboxylic acids is 1. The molecule has 0 fully saturated rings. The van der Waals surface area contributed by atoms with Gasteiger partial charge < -0.3 is 28.1 Å². The monoisotopic (exact) mass is 472 g/mol. The smallest absolute Gasteiger partial charge is 0.493 e. The second-order valence-electron chi connectivity index (χ2n) is 6.85. The van der Waals surface area contributed by atoms with E-state index in [1.807, 2.05) is 27.7 Å². The second-order valence-corrected chi connectivity index (χ2v) is 9.58. The largest absolute Gasteiger partial charge is 0.500 e. The summed E-state index contributed by atoms with van der Waals surface area (Å²) in [4.78, 5) is 23.4. The molecule has 0 unspecified atom stereocenters. The topological polar surface area (TPSA) is 118 Å². The van der Waals surface area contributed by atoms with Crippen LogP contribution in [-0.4, -0.2) is 53.2 Å². The Morgan fingerprint density at radius 1 is 1.06 bits per heavy atom. The number of nitrogens with one attached hydrogen (secondary N) is 1. The maximum Gasteiger partial charge on any atom is 0.500 e. The molecule has 0 aliphatic carbocycles. The minimum atomic E-state index is -2.80. The first kappa shape index (κ1) is 27.8. The van der Waals surface area contributed by atoms with Crippen molar-refractivity contribution in [1.82, 2.24) is 5.32 Å². The van der Waals surface area contributed by atoms with Crippen molar-refractivity contribution < 1.29 is 32.5 Å². The van der Waals surface area contributed by atoms with Crippen LogP contribution in [0.5, 0.6) is 11.5 Å². The molecule has 0 heterocycles. The van der Waals surface area contributed by atoms with Gasteiger partial charge in [0.1, 0.15) is 0 Å². The van der Waals surface area contributed by atoms with Gasteiger partial charge in [-0.15, -0.1) is 0 Å². The summed E-state index contributed by atoms with van der Waals surface area (Å²) in [5, 5.41) is 14.3. The van der Waals surface area contributed by atoms with Crippen molar-refractivity contribution in [1.29, 1.82) is 0 Å². The van der Waals surface area contributed by atoms with Crippen LogP contribution in [0.25, 0.3) is 0 Å². The van der Waals surface area contributed by atoms with Crippen molar-refractivity contribution in [3.8, 4) is 11.5 Å². The fourth-order valence-corrected chi connectivity index (χ4v) is 5.75. The third kappa shape index (κ3) is 8.73. The normalized spacial score (nSPS) is 11.3. The Morgan fingerprint density at radius 3 is 2.19 bits per heavy atom. The molecule has 0 saturated heterocycles. The van der Waals surface area contributed by atoms with Gasteiger partial charge in [0.15, 0.2) is 11.5 Å². The molecule has 0 saturated carbocycles. The molecule has 10 nitrogen and oxygen atoms in total. The van der Waals surface area contributed by atoms with Gasteiger partial charge in [-0.05, 0) is 39.7 Å². The van der Waals surface area contributed by atoms with E-state index < -0.39 is 13.7 Å². The van der Waals surface area contributed by atoms with E-state index in [0.29, 0.717) is 56.0 Å². The van der Waals surface area contributed by atoms with Crippen LogP contribution in [0.2, 0.25) is 6.04 Å². The molecule has 0 aliphatic heterocycles. The van der Waals surface area contributed by atoms with Gasteiger partial charge in [0.05, 0.1) is 30.3 Å². The molecular weight excluding hydrogens is 436 g/mol. The number of carbonyl (C=O) groups is 1. The summed E-state index contributed by atoms with van der Waals surface area (Å²) in [7, 11) is -1.34. The number of rotatable bonds is 17. The van der Waals surface area contributed by atoms with E-state index in [0.717, 1.165) is 6.42 Å². The lowest BCUT2D eigenvalue weighted by Gasteiger charge is -2.28. The molecule has 1 rings (SSSR count). The van der Waals surface area contributed by atoms with Crippen molar-refractivity contribution in [2.45, 2.75) is 59.5 Å². The van der Waals surface area contributed by atoms with Crippen LogP contribution in [0.15, 0.2) is 12.1 Å².